The lowest BCUT2D eigenvalue weighted by atomic mass is 10.0. The zero-order valence-electron chi connectivity index (χ0n) is 18.6. The molecule has 2 rings (SSSR count). The van der Waals surface area contributed by atoms with Gasteiger partial charge in [0, 0.05) is 0 Å². The minimum absolute atomic E-state index is 0.196. The first-order valence-electron chi connectivity index (χ1n) is 10.3. The summed E-state index contributed by atoms with van der Waals surface area (Å²) in [6, 6.07) is 10.7. The molecule has 2 aromatic rings. The largest absolute Gasteiger partial charge is 0.490 e. The van der Waals surface area contributed by atoms with Crippen LogP contribution in [0.1, 0.15) is 36.7 Å². The van der Waals surface area contributed by atoms with E-state index in [1.807, 2.05) is 6.92 Å². The lowest BCUT2D eigenvalue weighted by Gasteiger charge is -2.20. The van der Waals surface area contributed by atoms with E-state index in [2.05, 4.69) is 15.8 Å². The topological polar surface area (TPSA) is 132 Å². The first-order valence-corrected chi connectivity index (χ1v) is 10.7. The van der Waals surface area contributed by atoms with Gasteiger partial charge in [0.1, 0.15) is 6.04 Å². The summed E-state index contributed by atoms with van der Waals surface area (Å²) in [5.41, 5.74) is 8.44. The Bertz CT molecular complexity index is 1030. The normalized spacial score (nSPS) is 11.8. The Morgan fingerprint density at radius 1 is 1.12 bits per heavy atom. The minimum Gasteiger partial charge on any atom is -0.490 e. The second-order valence-corrected chi connectivity index (χ2v) is 7.71. The molecule has 4 N–H and O–H groups in total. The summed E-state index contributed by atoms with van der Waals surface area (Å²) < 4.78 is 10.8. The van der Waals surface area contributed by atoms with Crippen LogP contribution in [-0.2, 0) is 9.59 Å². The number of amides is 3. The third-order valence-corrected chi connectivity index (χ3v) is 4.71. The molecule has 10 heteroatoms. The fourth-order valence-electron chi connectivity index (χ4n) is 2.78. The van der Waals surface area contributed by atoms with Crippen molar-refractivity contribution in [3.63, 3.8) is 0 Å². The number of primary amides is 1. The molecule has 0 aliphatic carbocycles. The molecule has 0 saturated carbocycles. The maximum absolute atomic E-state index is 12.6. The van der Waals surface area contributed by atoms with Gasteiger partial charge >= 0.3 is 0 Å². The van der Waals surface area contributed by atoms with Crippen LogP contribution in [0.3, 0.4) is 0 Å². The van der Waals surface area contributed by atoms with Gasteiger partial charge in [-0.05, 0) is 48.7 Å². The maximum Gasteiger partial charge on any atom is 0.262 e. The molecule has 3 amide bonds. The number of ether oxygens (including phenoxy) is 2. The molecule has 9 nitrogen and oxygen atoms in total. The molecule has 0 spiro atoms. The highest BCUT2D eigenvalue weighted by Gasteiger charge is 2.25. The molecule has 0 aromatic heterocycles. The summed E-state index contributed by atoms with van der Waals surface area (Å²) >= 11 is 6.07. The van der Waals surface area contributed by atoms with Crippen molar-refractivity contribution >= 4 is 35.5 Å². The van der Waals surface area contributed by atoms with Crippen LogP contribution in [0.25, 0.3) is 0 Å². The standard InChI is InChI=1S/C23H27ClN4O5/c1-4-32-19-11-15(9-10-18(19)33-13-20(25)29)12-26-28-23(31)21(14(2)3)27-22(30)16-7-5-6-8-17(16)24/h5-12,14,21H,4,13H2,1-3H3,(H2,25,29)(H,27,30)(H,28,31)/b26-12+. The van der Waals surface area contributed by atoms with E-state index in [0.717, 1.165) is 0 Å². The van der Waals surface area contributed by atoms with Gasteiger partial charge in [-0.25, -0.2) is 5.43 Å². The molecule has 0 radical (unpaired) electrons. The predicted molar refractivity (Wildman–Crippen MR) is 126 cm³/mol. The van der Waals surface area contributed by atoms with E-state index in [1.165, 1.54) is 6.21 Å². The van der Waals surface area contributed by atoms with E-state index in [1.54, 1.807) is 56.3 Å². The smallest absolute Gasteiger partial charge is 0.262 e. The van der Waals surface area contributed by atoms with Crippen molar-refractivity contribution in [1.82, 2.24) is 10.7 Å². The molecular formula is C23H27ClN4O5. The van der Waals surface area contributed by atoms with Crippen molar-refractivity contribution in [2.24, 2.45) is 16.8 Å². The van der Waals surface area contributed by atoms with Gasteiger partial charge in [-0.2, -0.15) is 5.10 Å². The van der Waals surface area contributed by atoms with Crippen molar-refractivity contribution in [3.05, 3.63) is 58.6 Å². The molecule has 0 aliphatic heterocycles. The molecule has 1 unspecified atom stereocenters. The molecule has 0 heterocycles. The van der Waals surface area contributed by atoms with Crippen LogP contribution in [-0.4, -0.2) is 43.2 Å². The van der Waals surface area contributed by atoms with Gasteiger partial charge in [0.05, 0.1) is 23.4 Å². The van der Waals surface area contributed by atoms with Crippen LogP contribution in [0, 0.1) is 5.92 Å². The Morgan fingerprint density at radius 2 is 1.85 bits per heavy atom. The van der Waals surface area contributed by atoms with Crippen molar-refractivity contribution in [3.8, 4) is 11.5 Å². The Labute approximate surface area is 197 Å². The molecule has 176 valence electrons. The Hall–Kier alpha value is -3.59. The van der Waals surface area contributed by atoms with E-state index in [0.29, 0.717) is 28.7 Å². The Balaban J connectivity index is 2.06. The van der Waals surface area contributed by atoms with Crippen LogP contribution in [0.15, 0.2) is 47.6 Å². The maximum atomic E-state index is 12.6. The number of hydrazone groups is 1. The van der Waals surface area contributed by atoms with E-state index < -0.39 is 23.8 Å². The lowest BCUT2D eigenvalue weighted by molar-refractivity contribution is -0.124. The molecule has 33 heavy (non-hydrogen) atoms. The summed E-state index contributed by atoms with van der Waals surface area (Å²) in [4.78, 5) is 36.1. The molecule has 0 aliphatic rings. The molecule has 0 bridgehead atoms. The van der Waals surface area contributed by atoms with Gasteiger partial charge < -0.3 is 20.5 Å². The van der Waals surface area contributed by atoms with Crippen LogP contribution < -0.4 is 25.9 Å². The summed E-state index contributed by atoms with van der Waals surface area (Å²) in [6.45, 7) is 5.52. The fraction of sp³-hybridized carbons (Fsp3) is 0.304. The van der Waals surface area contributed by atoms with Gasteiger partial charge in [-0.15, -0.1) is 0 Å². The number of rotatable bonds is 11. The zero-order valence-corrected chi connectivity index (χ0v) is 19.4. The van der Waals surface area contributed by atoms with Crippen LogP contribution >= 0.6 is 11.6 Å². The number of benzene rings is 2. The fourth-order valence-corrected chi connectivity index (χ4v) is 3.00. The number of hydrogen-bond acceptors (Lipinski definition) is 6. The SMILES string of the molecule is CCOc1cc(/C=N/NC(=O)C(NC(=O)c2ccccc2Cl)C(C)C)ccc1OCC(N)=O. The number of hydrogen-bond donors (Lipinski definition) is 3. The summed E-state index contributed by atoms with van der Waals surface area (Å²) in [5.74, 6) is -0.968. The Morgan fingerprint density at radius 3 is 2.48 bits per heavy atom. The number of nitrogens with zero attached hydrogens (tertiary/aromatic N) is 1. The van der Waals surface area contributed by atoms with Crippen molar-refractivity contribution in [2.75, 3.05) is 13.2 Å². The minimum atomic E-state index is -0.825. The average molecular weight is 475 g/mol. The first-order chi connectivity index (χ1) is 15.7. The van der Waals surface area contributed by atoms with Gasteiger partial charge in [0.2, 0.25) is 0 Å². The van der Waals surface area contributed by atoms with Crippen molar-refractivity contribution in [2.45, 2.75) is 26.8 Å². The van der Waals surface area contributed by atoms with E-state index >= 15 is 0 Å². The number of nitrogens with one attached hydrogen (secondary N) is 2. The van der Waals surface area contributed by atoms with E-state index in [9.17, 15) is 14.4 Å². The summed E-state index contributed by atoms with van der Waals surface area (Å²) in [7, 11) is 0. The van der Waals surface area contributed by atoms with Crippen LogP contribution in [0.2, 0.25) is 5.02 Å². The van der Waals surface area contributed by atoms with Crippen LogP contribution in [0.5, 0.6) is 11.5 Å². The van der Waals surface area contributed by atoms with E-state index in [4.69, 9.17) is 26.8 Å². The number of halogens is 1. The number of nitrogens with two attached hydrogens (primary N) is 1. The highest BCUT2D eigenvalue weighted by Crippen LogP contribution is 2.28. The third kappa shape index (κ3) is 7.80. The van der Waals surface area contributed by atoms with Crippen molar-refractivity contribution < 1.29 is 23.9 Å². The molecule has 0 fully saturated rings. The summed E-state index contributed by atoms with van der Waals surface area (Å²) in [5, 5.41) is 6.97. The second kappa shape index (κ2) is 12.4. The number of carbonyl (C=O) groups excluding carboxylic acids is 3. The molecule has 1 atom stereocenters. The average Bonchev–Trinajstić information content (AvgIpc) is 2.76. The van der Waals surface area contributed by atoms with Gasteiger partial charge in [-0.3, -0.25) is 14.4 Å². The zero-order chi connectivity index (χ0) is 24.4. The Kier molecular flexibility index (Phi) is 9.68. The second-order valence-electron chi connectivity index (χ2n) is 7.30. The quantitative estimate of drug-likeness (QED) is 0.340. The third-order valence-electron chi connectivity index (χ3n) is 4.38. The molecule has 0 saturated heterocycles. The summed E-state index contributed by atoms with van der Waals surface area (Å²) in [6.07, 6.45) is 1.42. The van der Waals surface area contributed by atoms with Gasteiger partial charge in [-0.1, -0.05) is 37.6 Å². The molecule has 2 aromatic carbocycles. The predicted octanol–water partition coefficient (Wildman–Crippen LogP) is 2.51. The van der Waals surface area contributed by atoms with Crippen molar-refractivity contribution in [1.29, 1.82) is 0 Å². The van der Waals surface area contributed by atoms with Gasteiger partial charge in [0.15, 0.2) is 18.1 Å². The number of carbonyl (C=O) groups is 3. The highest BCUT2D eigenvalue weighted by atomic mass is 35.5. The molecular weight excluding hydrogens is 448 g/mol. The first kappa shape index (κ1) is 25.7. The van der Waals surface area contributed by atoms with Crippen LogP contribution in [0.4, 0.5) is 0 Å². The lowest BCUT2D eigenvalue weighted by Crippen LogP contribution is -2.48. The highest BCUT2D eigenvalue weighted by molar-refractivity contribution is 6.33. The van der Waals surface area contributed by atoms with Gasteiger partial charge in [0.25, 0.3) is 17.7 Å². The van der Waals surface area contributed by atoms with E-state index in [-0.39, 0.29) is 18.1 Å². The monoisotopic (exact) mass is 474 g/mol.